The summed E-state index contributed by atoms with van der Waals surface area (Å²) in [7, 11) is 0. The van der Waals surface area contributed by atoms with E-state index in [9.17, 15) is 18.4 Å². The molecule has 0 aromatic heterocycles. The van der Waals surface area contributed by atoms with Gasteiger partial charge in [-0.1, -0.05) is 13.8 Å². The molecule has 1 aliphatic carbocycles. The highest BCUT2D eigenvalue weighted by Gasteiger charge is 2.41. The number of piperidine rings is 1. The van der Waals surface area contributed by atoms with Gasteiger partial charge >= 0.3 is 0 Å². The van der Waals surface area contributed by atoms with Crippen molar-refractivity contribution in [3.63, 3.8) is 0 Å². The molecule has 30 heavy (non-hydrogen) atoms. The highest BCUT2D eigenvalue weighted by Crippen LogP contribution is 2.42. The van der Waals surface area contributed by atoms with Crippen molar-refractivity contribution in [1.82, 2.24) is 4.90 Å². The first kappa shape index (κ1) is 20.6. The van der Waals surface area contributed by atoms with Crippen LogP contribution in [-0.2, 0) is 10.3 Å². The van der Waals surface area contributed by atoms with Crippen LogP contribution in [0, 0.1) is 11.8 Å². The second kappa shape index (κ2) is 7.56. The molecule has 8 heteroatoms. The zero-order valence-corrected chi connectivity index (χ0v) is 17.2. The minimum atomic E-state index is -2.72. The summed E-state index contributed by atoms with van der Waals surface area (Å²) >= 11 is 0. The summed E-state index contributed by atoms with van der Waals surface area (Å²) in [4.78, 5) is 27.0. The third-order valence-corrected chi connectivity index (χ3v) is 6.18. The monoisotopic (exact) mass is 416 g/mol. The normalized spacial score (nSPS) is 25.0. The Balaban J connectivity index is 1.70. The predicted molar refractivity (Wildman–Crippen MR) is 108 cm³/mol. The number of alkyl halides is 2. The van der Waals surface area contributed by atoms with E-state index >= 15 is 0 Å². The van der Waals surface area contributed by atoms with Gasteiger partial charge in [-0.3, -0.25) is 9.59 Å². The quantitative estimate of drug-likeness (QED) is 0.753. The number of benzene rings is 1. The zero-order chi connectivity index (χ0) is 21.5. The molecule has 0 bridgehead atoms. The SMILES string of the molecule is CC(C)C1(c2cc(NC(=O)C3CC3)ccc2C(=O)N2CCC(F)(F)CC2)C=CN=N1. The van der Waals surface area contributed by atoms with Gasteiger partial charge in [0.1, 0.15) is 5.54 Å². The highest BCUT2D eigenvalue weighted by molar-refractivity contribution is 5.98. The number of amides is 2. The van der Waals surface area contributed by atoms with Crippen molar-refractivity contribution in [1.29, 1.82) is 0 Å². The van der Waals surface area contributed by atoms with Crippen LogP contribution in [0.1, 0.15) is 55.5 Å². The van der Waals surface area contributed by atoms with Gasteiger partial charge in [0.25, 0.3) is 11.8 Å². The fraction of sp³-hybridized carbons (Fsp3) is 0.545. The topological polar surface area (TPSA) is 74.1 Å². The maximum atomic E-state index is 13.6. The number of nitrogens with zero attached hydrogens (tertiary/aromatic N) is 3. The number of likely N-dealkylation sites (tertiary alicyclic amines) is 1. The summed E-state index contributed by atoms with van der Waals surface area (Å²) < 4.78 is 27.1. The molecular weight excluding hydrogens is 390 g/mol. The number of nitrogens with one attached hydrogen (secondary N) is 1. The van der Waals surface area contributed by atoms with E-state index in [1.165, 1.54) is 4.90 Å². The minimum Gasteiger partial charge on any atom is -0.338 e. The summed E-state index contributed by atoms with van der Waals surface area (Å²) in [6, 6.07) is 5.14. The molecule has 1 saturated carbocycles. The van der Waals surface area contributed by atoms with Gasteiger partial charge in [-0.15, -0.1) is 0 Å². The number of anilines is 1. The molecule has 2 heterocycles. The van der Waals surface area contributed by atoms with Crippen molar-refractivity contribution in [3.8, 4) is 0 Å². The highest BCUT2D eigenvalue weighted by atomic mass is 19.3. The average Bonchev–Trinajstić information content (AvgIpc) is 3.44. The lowest BCUT2D eigenvalue weighted by Crippen LogP contribution is -2.43. The molecule has 0 spiro atoms. The molecule has 2 aliphatic heterocycles. The number of carbonyl (C=O) groups is 2. The lowest BCUT2D eigenvalue weighted by atomic mass is 9.78. The molecule has 0 radical (unpaired) electrons. The first-order valence-electron chi connectivity index (χ1n) is 10.4. The molecule has 3 aliphatic rings. The number of halogens is 2. The Bertz CT molecular complexity index is 900. The van der Waals surface area contributed by atoms with Gasteiger partial charge in [0.2, 0.25) is 5.91 Å². The number of hydrogen-bond donors (Lipinski definition) is 1. The number of azo groups is 1. The van der Waals surface area contributed by atoms with Crippen LogP contribution < -0.4 is 5.32 Å². The van der Waals surface area contributed by atoms with Crippen molar-refractivity contribution in [3.05, 3.63) is 41.6 Å². The van der Waals surface area contributed by atoms with E-state index in [0.717, 1.165) is 12.8 Å². The Morgan fingerprint density at radius 3 is 2.47 bits per heavy atom. The molecule has 1 N–H and O–H groups in total. The van der Waals surface area contributed by atoms with E-state index in [1.807, 2.05) is 19.9 Å². The van der Waals surface area contributed by atoms with Crippen molar-refractivity contribution >= 4 is 17.5 Å². The van der Waals surface area contributed by atoms with E-state index in [-0.39, 0.29) is 49.6 Å². The molecule has 1 saturated heterocycles. The number of carbonyl (C=O) groups excluding carboxylic acids is 2. The number of rotatable bonds is 5. The molecule has 2 fully saturated rings. The Kier molecular flexibility index (Phi) is 5.20. The first-order valence-corrected chi connectivity index (χ1v) is 10.4. The van der Waals surface area contributed by atoms with E-state index in [1.54, 1.807) is 24.4 Å². The molecular formula is C22H26F2N4O2. The molecule has 4 rings (SSSR count). The fourth-order valence-electron chi connectivity index (χ4n) is 4.01. The van der Waals surface area contributed by atoms with E-state index in [2.05, 4.69) is 15.5 Å². The van der Waals surface area contributed by atoms with Gasteiger partial charge in [0, 0.05) is 54.9 Å². The van der Waals surface area contributed by atoms with Crippen LogP contribution in [0.2, 0.25) is 0 Å². The molecule has 1 atom stereocenters. The van der Waals surface area contributed by atoms with E-state index in [0.29, 0.717) is 16.8 Å². The molecule has 6 nitrogen and oxygen atoms in total. The van der Waals surface area contributed by atoms with Gasteiger partial charge in [-0.05, 0) is 43.0 Å². The van der Waals surface area contributed by atoms with Gasteiger partial charge in [0.05, 0.1) is 0 Å². The van der Waals surface area contributed by atoms with E-state index < -0.39 is 11.5 Å². The Hall–Kier alpha value is -2.64. The van der Waals surface area contributed by atoms with Crippen LogP contribution >= 0.6 is 0 Å². The maximum absolute atomic E-state index is 13.6. The second-order valence-electron chi connectivity index (χ2n) is 8.68. The fourth-order valence-corrected chi connectivity index (χ4v) is 4.01. The first-order chi connectivity index (χ1) is 14.2. The third-order valence-electron chi connectivity index (χ3n) is 6.18. The van der Waals surface area contributed by atoms with Gasteiger partial charge in [-0.2, -0.15) is 10.2 Å². The lowest BCUT2D eigenvalue weighted by molar-refractivity contribution is -0.117. The van der Waals surface area contributed by atoms with Crippen molar-refractivity contribution in [2.75, 3.05) is 18.4 Å². The third kappa shape index (κ3) is 3.87. The Morgan fingerprint density at radius 1 is 1.20 bits per heavy atom. The van der Waals surface area contributed by atoms with Crippen LogP contribution in [0.3, 0.4) is 0 Å². The van der Waals surface area contributed by atoms with Crippen LogP contribution in [0.5, 0.6) is 0 Å². The zero-order valence-electron chi connectivity index (χ0n) is 17.2. The van der Waals surface area contributed by atoms with Crippen LogP contribution in [-0.4, -0.2) is 35.7 Å². The largest absolute Gasteiger partial charge is 0.338 e. The van der Waals surface area contributed by atoms with Crippen molar-refractivity contribution < 1.29 is 18.4 Å². The van der Waals surface area contributed by atoms with Crippen LogP contribution in [0.15, 0.2) is 40.7 Å². The van der Waals surface area contributed by atoms with Crippen molar-refractivity contribution in [2.24, 2.45) is 22.1 Å². The minimum absolute atomic E-state index is 0.00776. The average molecular weight is 416 g/mol. The Morgan fingerprint density at radius 2 is 1.90 bits per heavy atom. The molecule has 160 valence electrons. The van der Waals surface area contributed by atoms with Gasteiger partial charge < -0.3 is 10.2 Å². The molecule has 2 amide bonds. The van der Waals surface area contributed by atoms with Gasteiger partial charge in [-0.25, -0.2) is 8.78 Å². The van der Waals surface area contributed by atoms with Crippen LogP contribution in [0.25, 0.3) is 0 Å². The summed E-state index contributed by atoms with van der Waals surface area (Å²) in [5, 5.41) is 11.4. The standard InChI is InChI=1S/C22H26F2N4O2/c1-14(2)22(7-10-25-27-22)18-13-16(26-19(29)15-3-4-15)5-6-17(18)20(30)28-11-8-21(23,24)9-12-28/h5-7,10,13-15H,3-4,8-9,11-12H2,1-2H3,(H,26,29). The summed E-state index contributed by atoms with van der Waals surface area (Å²) in [5.41, 5.74) is 0.791. The molecule has 1 aromatic carbocycles. The molecule has 1 unspecified atom stereocenters. The lowest BCUT2D eigenvalue weighted by Gasteiger charge is -2.34. The van der Waals surface area contributed by atoms with Crippen LogP contribution in [0.4, 0.5) is 14.5 Å². The summed E-state index contributed by atoms with van der Waals surface area (Å²) in [5.74, 6) is -3.00. The van der Waals surface area contributed by atoms with Gasteiger partial charge in [0.15, 0.2) is 0 Å². The number of hydrogen-bond acceptors (Lipinski definition) is 4. The summed E-state index contributed by atoms with van der Waals surface area (Å²) in [6.07, 6.45) is 4.56. The van der Waals surface area contributed by atoms with E-state index in [4.69, 9.17) is 0 Å². The second-order valence-corrected chi connectivity index (χ2v) is 8.68. The van der Waals surface area contributed by atoms with Crippen molar-refractivity contribution in [2.45, 2.75) is 51.0 Å². The Labute approximate surface area is 174 Å². The summed E-state index contributed by atoms with van der Waals surface area (Å²) in [6.45, 7) is 3.99. The smallest absolute Gasteiger partial charge is 0.254 e. The maximum Gasteiger partial charge on any atom is 0.254 e. The predicted octanol–water partition coefficient (Wildman–Crippen LogP) is 4.74. The molecule has 1 aromatic rings.